The first-order valence-electron chi connectivity index (χ1n) is 9.98. The fourth-order valence-corrected chi connectivity index (χ4v) is 3.33. The van der Waals surface area contributed by atoms with Gasteiger partial charge in [0.2, 0.25) is 0 Å². The summed E-state index contributed by atoms with van der Waals surface area (Å²) in [4.78, 5) is 13.5. The lowest BCUT2D eigenvalue weighted by molar-refractivity contribution is 0.132. The number of rotatable bonds is 7. The summed E-state index contributed by atoms with van der Waals surface area (Å²) < 4.78 is 1.75. The molecule has 0 atom stereocenters. The van der Waals surface area contributed by atoms with Crippen molar-refractivity contribution in [3.8, 4) is 0 Å². The van der Waals surface area contributed by atoms with Crippen molar-refractivity contribution in [1.29, 1.82) is 0 Å². The minimum Gasteiger partial charge on any atom is -0.352 e. The Labute approximate surface area is 167 Å². The molecule has 152 valence electrons. The van der Waals surface area contributed by atoms with Gasteiger partial charge in [0.1, 0.15) is 12.2 Å². The Hall–Kier alpha value is -2.45. The number of hydrogen-bond acceptors (Lipinski definition) is 5. The summed E-state index contributed by atoms with van der Waals surface area (Å²) >= 11 is 0. The zero-order valence-corrected chi connectivity index (χ0v) is 17.2. The summed E-state index contributed by atoms with van der Waals surface area (Å²) in [5, 5.41) is 10.7. The molecule has 2 aromatic rings. The van der Waals surface area contributed by atoms with Crippen LogP contribution in [0.5, 0.6) is 0 Å². The highest BCUT2D eigenvalue weighted by atomic mass is 15.3. The number of aliphatic imine (C=N–C) groups is 1. The zero-order valence-electron chi connectivity index (χ0n) is 17.2. The molecule has 0 unspecified atom stereocenters. The lowest BCUT2D eigenvalue weighted by Crippen LogP contribution is -2.45. The average molecular weight is 385 g/mol. The van der Waals surface area contributed by atoms with Crippen LogP contribution in [-0.2, 0) is 26.7 Å². The first kappa shape index (κ1) is 20.3. The van der Waals surface area contributed by atoms with Gasteiger partial charge in [-0.2, -0.15) is 5.10 Å². The van der Waals surface area contributed by atoms with Crippen molar-refractivity contribution in [2.45, 2.75) is 26.6 Å². The summed E-state index contributed by atoms with van der Waals surface area (Å²) in [6.07, 6.45) is 1.55. The second-order valence-electron chi connectivity index (χ2n) is 7.11. The minimum atomic E-state index is 0.584. The van der Waals surface area contributed by atoms with Crippen molar-refractivity contribution >= 4 is 5.96 Å². The Morgan fingerprint density at radius 3 is 2.25 bits per heavy atom. The van der Waals surface area contributed by atoms with Crippen molar-refractivity contribution in [2.24, 2.45) is 12.0 Å². The SMILES string of the molecule is CCN1CCN(Cc2ccc(CNC(=NC)NCc3ncnn3C)cc2)CC1. The molecular weight excluding hydrogens is 352 g/mol. The second kappa shape index (κ2) is 10.2. The molecule has 0 radical (unpaired) electrons. The molecule has 2 N–H and O–H groups in total. The Morgan fingerprint density at radius 1 is 1.00 bits per heavy atom. The Balaban J connectivity index is 1.42. The second-order valence-corrected chi connectivity index (χ2v) is 7.11. The van der Waals surface area contributed by atoms with E-state index in [1.807, 2.05) is 7.05 Å². The summed E-state index contributed by atoms with van der Waals surface area (Å²) in [7, 11) is 3.65. The number of aryl methyl sites for hydroxylation is 1. The number of nitrogens with one attached hydrogen (secondary N) is 2. The Morgan fingerprint density at radius 2 is 1.64 bits per heavy atom. The predicted molar refractivity (Wildman–Crippen MR) is 112 cm³/mol. The van der Waals surface area contributed by atoms with Gasteiger partial charge in [0.15, 0.2) is 5.96 Å². The standard InChI is InChI=1S/C20H32N8/c1-4-27-9-11-28(12-10-27)15-18-7-5-17(6-8-18)13-22-20(21-2)23-14-19-24-16-25-26(19)3/h5-8,16H,4,9-15H2,1-3H3,(H2,21,22,23). The summed E-state index contributed by atoms with van der Waals surface area (Å²) in [5.74, 6) is 1.62. The molecule has 1 aromatic carbocycles. The number of benzene rings is 1. The average Bonchev–Trinajstić information content (AvgIpc) is 3.14. The zero-order chi connectivity index (χ0) is 19.8. The van der Waals surface area contributed by atoms with Crippen LogP contribution in [0.15, 0.2) is 35.6 Å². The van der Waals surface area contributed by atoms with E-state index < -0.39 is 0 Å². The van der Waals surface area contributed by atoms with Crippen LogP contribution in [0, 0.1) is 0 Å². The van der Waals surface area contributed by atoms with Crippen molar-refractivity contribution in [3.63, 3.8) is 0 Å². The molecule has 0 amide bonds. The molecule has 2 heterocycles. The molecule has 28 heavy (non-hydrogen) atoms. The van der Waals surface area contributed by atoms with E-state index in [-0.39, 0.29) is 0 Å². The third-order valence-corrected chi connectivity index (χ3v) is 5.24. The van der Waals surface area contributed by atoms with E-state index >= 15 is 0 Å². The molecule has 1 fully saturated rings. The molecule has 1 aliphatic rings. The van der Waals surface area contributed by atoms with Crippen LogP contribution in [-0.4, -0.2) is 70.3 Å². The third kappa shape index (κ3) is 5.77. The van der Waals surface area contributed by atoms with Gasteiger partial charge in [0.05, 0.1) is 6.54 Å². The van der Waals surface area contributed by atoms with E-state index in [0.29, 0.717) is 6.54 Å². The van der Waals surface area contributed by atoms with E-state index in [9.17, 15) is 0 Å². The van der Waals surface area contributed by atoms with Gasteiger partial charge in [0.25, 0.3) is 0 Å². The van der Waals surface area contributed by atoms with Crippen LogP contribution >= 0.6 is 0 Å². The van der Waals surface area contributed by atoms with Gasteiger partial charge in [-0.25, -0.2) is 4.98 Å². The number of guanidine groups is 1. The predicted octanol–water partition coefficient (Wildman–Crippen LogP) is 0.818. The lowest BCUT2D eigenvalue weighted by Gasteiger charge is -2.34. The number of likely N-dealkylation sites (N-methyl/N-ethyl adjacent to an activating group) is 1. The molecule has 0 aliphatic carbocycles. The molecular formula is C20H32N8. The summed E-state index contributed by atoms with van der Waals surface area (Å²) in [6.45, 7) is 10.4. The summed E-state index contributed by atoms with van der Waals surface area (Å²) in [6, 6.07) is 8.86. The fraction of sp³-hybridized carbons (Fsp3) is 0.550. The van der Waals surface area contributed by atoms with Crippen LogP contribution in [0.25, 0.3) is 0 Å². The van der Waals surface area contributed by atoms with E-state index in [1.54, 1.807) is 18.1 Å². The molecule has 1 aliphatic heterocycles. The first-order valence-corrected chi connectivity index (χ1v) is 9.98. The van der Waals surface area contributed by atoms with Gasteiger partial charge in [0, 0.05) is 53.4 Å². The van der Waals surface area contributed by atoms with Gasteiger partial charge in [-0.05, 0) is 17.7 Å². The van der Waals surface area contributed by atoms with Gasteiger partial charge in [-0.15, -0.1) is 0 Å². The van der Waals surface area contributed by atoms with Crippen molar-refractivity contribution < 1.29 is 0 Å². The molecule has 0 saturated carbocycles. The molecule has 0 bridgehead atoms. The highest BCUT2D eigenvalue weighted by Gasteiger charge is 2.15. The maximum atomic E-state index is 4.27. The third-order valence-electron chi connectivity index (χ3n) is 5.24. The highest BCUT2D eigenvalue weighted by molar-refractivity contribution is 5.79. The molecule has 1 aromatic heterocycles. The van der Waals surface area contributed by atoms with E-state index in [0.717, 1.165) is 44.5 Å². The number of aromatic nitrogens is 3. The van der Waals surface area contributed by atoms with Gasteiger partial charge in [-0.3, -0.25) is 14.6 Å². The maximum absolute atomic E-state index is 4.27. The van der Waals surface area contributed by atoms with Crippen LogP contribution in [0.3, 0.4) is 0 Å². The van der Waals surface area contributed by atoms with Gasteiger partial charge >= 0.3 is 0 Å². The monoisotopic (exact) mass is 384 g/mol. The van der Waals surface area contributed by atoms with Crippen molar-refractivity contribution in [1.82, 2.24) is 35.2 Å². The highest BCUT2D eigenvalue weighted by Crippen LogP contribution is 2.10. The van der Waals surface area contributed by atoms with Gasteiger partial charge in [-0.1, -0.05) is 31.2 Å². The van der Waals surface area contributed by atoms with Crippen molar-refractivity contribution in [2.75, 3.05) is 39.8 Å². The van der Waals surface area contributed by atoms with E-state index in [2.05, 4.69) is 66.7 Å². The first-order chi connectivity index (χ1) is 13.7. The molecule has 3 rings (SSSR count). The maximum Gasteiger partial charge on any atom is 0.191 e. The number of nitrogens with zero attached hydrogens (tertiary/aromatic N) is 6. The van der Waals surface area contributed by atoms with Crippen LogP contribution in [0.4, 0.5) is 0 Å². The largest absolute Gasteiger partial charge is 0.352 e. The van der Waals surface area contributed by atoms with E-state index in [1.165, 1.54) is 24.2 Å². The molecule has 8 heteroatoms. The topological polar surface area (TPSA) is 73.6 Å². The number of piperazine rings is 1. The Kier molecular flexibility index (Phi) is 7.39. The smallest absolute Gasteiger partial charge is 0.191 e. The molecule has 8 nitrogen and oxygen atoms in total. The van der Waals surface area contributed by atoms with Crippen molar-refractivity contribution in [3.05, 3.63) is 47.5 Å². The quantitative estimate of drug-likeness (QED) is 0.544. The lowest BCUT2D eigenvalue weighted by atomic mass is 10.1. The molecule has 1 saturated heterocycles. The van der Waals surface area contributed by atoms with E-state index in [4.69, 9.17) is 0 Å². The fourth-order valence-electron chi connectivity index (χ4n) is 3.33. The van der Waals surface area contributed by atoms with Crippen LogP contribution < -0.4 is 10.6 Å². The van der Waals surface area contributed by atoms with Crippen LogP contribution in [0.1, 0.15) is 23.9 Å². The van der Waals surface area contributed by atoms with Gasteiger partial charge < -0.3 is 15.5 Å². The molecule has 0 spiro atoms. The normalized spacial score (nSPS) is 16.3. The summed E-state index contributed by atoms with van der Waals surface area (Å²) in [5.41, 5.74) is 2.61. The Bertz CT molecular complexity index is 744. The number of hydrogen-bond donors (Lipinski definition) is 2. The van der Waals surface area contributed by atoms with Crippen LogP contribution in [0.2, 0.25) is 0 Å². The minimum absolute atomic E-state index is 0.584.